The van der Waals surface area contributed by atoms with E-state index in [1.807, 2.05) is 37.3 Å². The summed E-state index contributed by atoms with van der Waals surface area (Å²) in [5.41, 5.74) is 1.76. The van der Waals surface area contributed by atoms with E-state index in [1.54, 1.807) is 7.11 Å². The van der Waals surface area contributed by atoms with Gasteiger partial charge in [0, 0.05) is 18.3 Å². The van der Waals surface area contributed by atoms with E-state index in [0.29, 0.717) is 5.95 Å². The lowest BCUT2D eigenvalue weighted by Gasteiger charge is -2.13. The summed E-state index contributed by atoms with van der Waals surface area (Å²) < 4.78 is 5.34. The second-order valence-corrected chi connectivity index (χ2v) is 5.63. The summed E-state index contributed by atoms with van der Waals surface area (Å²) in [4.78, 5) is 11.1. The number of nitrogens with one attached hydrogen (secondary N) is 2. The predicted molar refractivity (Wildman–Crippen MR) is 94.7 cm³/mol. The van der Waals surface area contributed by atoms with E-state index in [9.17, 15) is 0 Å². The summed E-state index contributed by atoms with van der Waals surface area (Å²) in [5, 5.41) is 6.56. The van der Waals surface area contributed by atoms with Gasteiger partial charge in [0.1, 0.15) is 11.6 Å². The molecule has 2 aromatic rings. The molecule has 0 radical (unpaired) electrons. The van der Waals surface area contributed by atoms with Crippen molar-refractivity contribution in [3.05, 3.63) is 36.0 Å². The van der Waals surface area contributed by atoms with Crippen molar-refractivity contribution in [3.63, 3.8) is 0 Å². The Balaban J connectivity index is 2.05. The summed E-state index contributed by atoms with van der Waals surface area (Å²) in [5.74, 6) is 2.15. The number of para-hydroxylation sites is 2. The van der Waals surface area contributed by atoms with Gasteiger partial charge in [-0.1, -0.05) is 12.1 Å². The van der Waals surface area contributed by atoms with E-state index in [-0.39, 0.29) is 0 Å². The van der Waals surface area contributed by atoms with Crippen LogP contribution in [0.3, 0.4) is 0 Å². The fourth-order valence-corrected chi connectivity index (χ4v) is 2.20. The lowest BCUT2D eigenvalue weighted by atomic mass is 10.3. The van der Waals surface area contributed by atoms with Crippen LogP contribution in [0.1, 0.15) is 12.1 Å². The van der Waals surface area contributed by atoms with Gasteiger partial charge in [-0.15, -0.1) is 0 Å². The molecule has 6 heteroatoms. The third kappa shape index (κ3) is 5.41. The van der Waals surface area contributed by atoms with Crippen LogP contribution in [0.4, 0.5) is 17.5 Å². The Morgan fingerprint density at radius 1 is 1.17 bits per heavy atom. The maximum atomic E-state index is 5.34. The van der Waals surface area contributed by atoms with E-state index < -0.39 is 0 Å². The molecular formula is C17H25N5O. The van der Waals surface area contributed by atoms with Crippen molar-refractivity contribution in [1.29, 1.82) is 0 Å². The number of methoxy groups -OCH3 is 1. The largest absolute Gasteiger partial charge is 0.495 e. The molecule has 1 aromatic carbocycles. The van der Waals surface area contributed by atoms with Crippen molar-refractivity contribution >= 4 is 17.5 Å². The lowest BCUT2D eigenvalue weighted by molar-refractivity contribution is 0.405. The van der Waals surface area contributed by atoms with Crippen LogP contribution < -0.4 is 15.4 Å². The molecule has 1 heterocycles. The summed E-state index contributed by atoms with van der Waals surface area (Å²) in [6, 6.07) is 9.66. The van der Waals surface area contributed by atoms with Crippen LogP contribution >= 0.6 is 0 Å². The highest BCUT2D eigenvalue weighted by Crippen LogP contribution is 2.26. The highest BCUT2D eigenvalue weighted by molar-refractivity contribution is 5.63. The molecule has 0 aliphatic heterocycles. The van der Waals surface area contributed by atoms with Gasteiger partial charge in [0.25, 0.3) is 0 Å². The van der Waals surface area contributed by atoms with Crippen molar-refractivity contribution in [1.82, 2.24) is 14.9 Å². The van der Waals surface area contributed by atoms with Crippen LogP contribution in [0.5, 0.6) is 5.75 Å². The Morgan fingerprint density at radius 3 is 2.70 bits per heavy atom. The minimum Gasteiger partial charge on any atom is -0.495 e. The number of anilines is 3. The molecule has 0 saturated heterocycles. The highest BCUT2D eigenvalue weighted by atomic mass is 16.5. The monoisotopic (exact) mass is 315 g/mol. The Kier molecular flexibility index (Phi) is 6.17. The number of rotatable bonds is 8. The fraction of sp³-hybridized carbons (Fsp3) is 0.412. The first kappa shape index (κ1) is 17.0. The van der Waals surface area contributed by atoms with Crippen molar-refractivity contribution in [3.8, 4) is 5.75 Å². The smallest absolute Gasteiger partial charge is 0.229 e. The minimum atomic E-state index is 0.560. The second kappa shape index (κ2) is 8.33. The van der Waals surface area contributed by atoms with Gasteiger partial charge in [-0.2, -0.15) is 4.98 Å². The summed E-state index contributed by atoms with van der Waals surface area (Å²) in [6.07, 6.45) is 1.06. The van der Waals surface area contributed by atoms with E-state index in [1.165, 1.54) is 0 Å². The zero-order chi connectivity index (χ0) is 16.7. The highest BCUT2D eigenvalue weighted by Gasteiger charge is 2.06. The molecular weight excluding hydrogens is 290 g/mol. The van der Waals surface area contributed by atoms with Crippen LogP contribution in [0.25, 0.3) is 0 Å². The van der Waals surface area contributed by atoms with Gasteiger partial charge in [0.15, 0.2) is 0 Å². The molecule has 0 fully saturated rings. The SMILES string of the molecule is COc1ccccc1Nc1nc(C)cc(NCCCN(C)C)n1. The lowest BCUT2D eigenvalue weighted by Crippen LogP contribution is -2.17. The Morgan fingerprint density at radius 2 is 1.96 bits per heavy atom. The molecule has 0 aliphatic carbocycles. The summed E-state index contributed by atoms with van der Waals surface area (Å²) in [6.45, 7) is 3.88. The molecule has 2 rings (SSSR count). The molecule has 0 spiro atoms. The zero-order valence-electron chi connectivity index (χ0n) is 14.3. The van der Waals surface area contributed by atoms with Crippen LogP contribution in [0, 0.1) is 6.92 Å². The maximum absolute atomic E-state index is 5.34. The molecule has 0 saturated carbocycles. The number of aryl methyl sites for hydroxylation is 1. The second-order valence-electron chi connectivity index (χ2n) is 5.63. The number of aromatic nitrogens is 2. The van der Waals surface area contributed by atoms with E-state index in [2.05, 4.69) is 39.6 Å². The van der Waals surface area contributed by atoms with Gasteiger partial charge in [-0.05, 0) is 46.1 Å². The molecule has 0 amide bonds. The number of ether oxygens (including phenoxy) is 1. The minimum absolute atomic E-state index is 0.560. The quantitative estimate of drug-likeness (QED) is 0.730. The van der Waals surface area contributed by atoms with E-state index in [4.69, 9.17) is 4.74 Å². The molecule has 2 N–H and O–H groups in total. The summed E-state index contributed by atoms with van der Waals surface area (Å²) >= 11 is 0. The van der Waals surface area contributed by atoms with Crippen molar-refractivity contribution in [2.75, 3.05) is 44.9 Å². The third-order valence-corrected chi connectivity index (χ3v) is 3.30. The first-order valence-corrected chi connectivity index (χ1v) is 7.73. The molecule has 0 bridgehead atoms. The average Bonchev–Trinajstić information content (AvgIpc) is 2.51. The first-order chi connectivity index (χ1) is 11.1. The van der Waals surface area contributed by atoms with Crippen molar-refractivity contribution in [2.24, 2.45) is 0 Å². The predicted octanol–water partition coefficient (Wildman–Crippen LogP) is 2.90. The average molecular weight is 315 g/mol. The van der Waals surface area contributed by atoms with Crippen LogP contribution in [0.15, 0.2) is 30.3 Å². The maximum Gasteiger partial charge on any atom is 0.229 e. The molecule has 0 unspecified atom stereocenters. The van der Waals surface area contributed by atoms with Crippen LogP contribution in [0.2, 0.25) is 0 Å². The van der Waals surface area contributed by atoms with E-state index >= 15 is 0 Å². The topological polar surface area (TPSA) is 62.3 Å². The van der Waals surface area contributed by atoms with Crippen LogP contribution in [-0.2, 0) is 0 Å². The summed E-state index contributed by atoms with van der Waals surface area (Å²) in [7, 11) is 5.80. The molecule has 6 nitrogen and oxygen atoms in total. The standard InChI is InChI=1S/C17H25N5O/c1-13-12-16(18-10-7-11-22(2)3)21-17(19-13)20-14-8-5-6-9-15(14)23-4/h5-6,8-9,12H,7,10-11H2,1-4H3,(H2,18,19,20,21). The van der Waals surface area contributed by atoms with Crippen LogP contribution in [-0.4, -0.2) is 49.2 Å². The van der Waals surface area contributed by atoms with E-state index in [0.717, 1.165) is 42.5 Å². The van der Waals surface area contributed by atoms with Crippen molar-refractivity contribution < 1.29 is 4.74 Å². The van der Waals surface area contributed by atoms with Gasteiger partial charge < -0.3 is 20.3 Å². The van der Waals surface area contributed by atoms with Gasteiger partial charge in [0.05, 0.1) is 12.8 Å². The number of hydrogen-bond acceptors (Lipinski definition) is 6. The number of nitrogens with zero attached hydrogens (tertiary/aromatic N) is 3. The van der Waals surface area contributed by atoms with Gasteiger partial charge in [-0.3, -0.25) is 0 Å². The molecule has 124 valence electrons. The fourth-order valence-electron chi connectivity index (χ4n) is 2.20. The normalized spacial score (nSPS) is 10.7. The Bertz CT molecular complexity index is 630. The zero-order valence-corrected chi connectivity index (χ0v) is 14.3. The van der Waals surface area contributed by atoms with Gasteiger partial charge >= 0.3 is 0 Å². The Labute approximate surface area is 137 Å². The molecule has 0 aliphatic rings. The third-order valence-electron chi connectivity index (χ3n) is 3.30. The molecule has 0 atom stereocenters. The molecule has 1 aromatic heterocycles. The first-order valence-electron chi connectivity index (χ1n) is 7.73. The number of hydrogen-bond donors (Lipinski definition) is 2. The Hall–Kier alpha value is -2.34. The van der Waals surface area contributed by atoms with Crippen molar-refractivity contribution in [2.45, 2.75) is 13.3 Å². The molecule has 23 heavy (non-hydrogen) atoms. The number of benzene rings is 1. The van der Waals surface area contributed by atoms with Gasteiger partial charge in [0.2, 0.25) is 5.95 Å². The van der Waals surface area contributed by atoms with Gasteiger partial charge in [-0.25, -0.2) is 4.98 Å².